The smallest absolute Gasteiger partial charge is 0.261 e. The molecule has 6 nitrogen and oxygen atoms in total. The lowest BCUT2D eigenvalue weighted by Gasteiger charge is -2.32. The second-order valence-electron chi connectivity index (χ2n) is 8.31. The van der Waals surface area contributed by atoms with Crippen molar-refractivity contribution in [2.24, 2.45) is 0 Å². The van der Waals surface area contributed by atoms with Crippen LogP contribution in [-0.2, 0) is 6.54 Å². The minimum absolute atomic E-state index is 0.0123. The summed E-state index contributed by atoms with van der Waals surface area (Å²) in [6.45, 7) is 9.09. The molecule has 4 rings (SSSR count). The van der Waals surface area contributed by atoms with Crippen molar-refractivity contribution in [1.29, 1.82) is 0 Å². The maximum absolute atomic E-state index is 12.7. The Balaban J connectivity index is 1.29. The summed E-state index contributed by atoms with van der Waals surface area (Å²) in [6, 6.07) is 9.77. The highest BCUT2D eigenvalue weighted by atomic mass is 35.5. The van der Waals surface area contributed by atoms with Crippen molar-refractivity contribution in [2.45, 2.75) is 26.3 Å². The van der Waals surface area contributed by atoms with Crippen LogP contribution in [0.15, 0.2) is 30.3 Å². The molecule has 1 aromatic carbocycles. The molecular weight excluding hydrogens is 430 g/mol. The van der Waals surface area contributed by atoms with Gasteiger partial charge in [0.1, 0.15) is 4.83 Å². The molecule has 0 unspecified atom stereocenters. The molecule has 0 aliphatic carbocycles. The van der Waals surface area contributed by atoms with Crippen molar-refractivity contribution in [3.05, 3.63) is 51.5 Å². The molecule has 166 valence electrons. The number of thiophene rings is 1. The maximum atomic E-state index is 12.7. The van der Waals surface area contributed by atoms with Crippen molar-refractivity contribution in [3.8, 4) is 0 Å². The fourth-order valence-electron chi connectivity index (χ4n) is 3.92. The van der Waals surface area contributed by atoms with Crippen LogP contribution >= 0.6 is 22.9 Å². The number of fused-ring (bicyclic) bond motifs is 1. The summed E-state index contributed by atoms with van der Waals surface area (Å²) >= 11 is 7.50. The molecule has 1 N–H and O–H groups in total. The highest BCUT2D eigenvalue weighted by Crippen LogP contribution is 2.29. The first kappa shape index (κ1) is 22.3. The number of halogens is 1. The molecular formula is C23H30ClN5OS. The zero-order valence-corrected chi connectivity index (χ0v) is 19.8. The van der Waals surface area contributed by atoms with Crippen LogP contribution in [0.3, 0.4) is 0 Å². The van der Waals surface area contributed by atoms with Crippen LogP contribution in [0, 0.1) is 6.92 Å². The van der Waals surface area contributed by atoms with Gasteiger partial charge in [-0.1, -0.05) is 23.7 Å². The van der Waals surface area contributed by atoms with Gasteiger partial charge in [0.2, 0.25) is 0 Å². The Morgan fingerprint density at radius 3 is 2.65 bits per heavy atom. The third-order valence-electron chi connectivity index (χ3n) is 5.86. The predicted octanol–water partition coefficient (Wildman–Crippen LogP) is 3.87. The zero-order chi connectivity index (χ0) is 21.8. The minimum atomic E-state index is 0.0123. The van der Waals surface area contributed by atoms with Crippen LogP contribution in [0.2, 0.25) is 5.02 Å². The number of hydrogen-bond acceptors (Lipinski definition) is 5. The molecule has 1 saturated heterocycles. The van der Waals surface area contributed by atoms with Gasteiger partial charge in [-0.3, -0.25) is 9.48 Å². The van der Waals surface area contributed by atoms with Gasteiger partial charge in [0.15, 0.2) is 0 Å². The van der Waals surface area contributed by atoms with Gasteiger partial charge in [-0.2, -0.15) is 5.10 Å². The summed E-state index contributed by atoms with van der Waals surface area (Å²) in [6.07, 6.45) is 2.12. The van der Waals surface area contributed by atoms with E-state index in [2.05, 4.69) is 27.3 Å². The Bertz CT molecular complexity index is 1020. The monoisotopic (exact) mass is 459 g/mol. The van der Waals surface area contributed by atoms with E-state index >= 15 is 0 Å². The van der Waals surface area contributed by atoms with Crippen molar-refractivity contribution in [1.82, 2.24) is 24.9 Å². The average molecular weight is 460 g/mol. The summed E-state index contributed by atoms with van der Waals surface area (Å²) in [5.74, 6) is 0.0123. The molecule has 0 spiro atoms. The van der Waals surface area contributed by atoms with Crippen LogP contribution in [0.25, 0.3) is 10.2 Å². The molecule has 2 aromatic heterocycles. The van der Waals surface area contributed by atoms with E-state index in [0.717, 1.165) is 83.5 Å². The second kappa shape index (κ2) is 10.1. The summed E-state index contributed by atoms with van der Waals surface area (Å²) in [5, 5.41) is 9.53. The molecule has 0 radical (unpaired) electrons. The Morgan fingerprint density at radius 2 is 1.90 bits per heavy atom. The van der Waals surface area contributed by atoms with E-state index < -0.39 is 0 Å². The third-order valence-corrected chi connectivity index (χ3v) is 7.26. The van der Waals surface area contributed by atoms with Gasteiger partial charge in [-0.25, -0.2) is 0 Å². The average Bonchev–Trinajstić information content (AvgIpc) is 3.32. The topological polar surface area (TPSA) is 53.4 Å². The van der Waals surface area contributed by atoms with Gasteiger partial charge in [0, 0.05) is 43.1 Å². The molecule has 0 bridgehead atoms. The lowest BCUT2D eigenvalue weighted by molar-refractivity contribution is 0.0956. The Morgan fingerprint density at radius 1 is 1.16 bits per heavy atom. The summed E-state index contributed by atoms with van der Waals surface area (Å²) in [7, 11) is 2.18. The highest BCUT2D eigenvalue weighted by molar-refractivity contribution is 7.20. The molecule has 0 saturated carbocycles. The highest BCUT2D eigenvalue weighted by Gasteiger charge is 2.17. The number of aromatic nitrogens is 2. The number of hydrogen-bond donors (Lipinski definition) is 1. The number of nitrogens with one attached hydrogen (secondary N) is 1. The molecule has 1 aliphatic heterocycles. The van der Waals surface area contributed by atoms with Gasteiger partial charge in [-0.15, -0.1) is 11.3 Å². The van der Waals surface area contributed by atoms with Crippen LogP contribution < -0.4 is 5.32 Å². The minimum Gasteiger partial charge on any atom is -0.351 e. The van der Waals surface area contributed by atoms with E-state index in [0.29, 0.717) is 6.54 Å². The molecule has 31 heavy (non-hydrogen) atoms. The lowest BCUT2D eigenvalue weighted by atomic mass is 10.2. The quantitative estimate of drug-likeness (QED) is 0.519. The van der Waals surface area contributed by atoms with Crippen LogP contribution in [0.1, 0.15) is 33.8 Å². The summed E-state index contributed by atoms with van der Waals surface area (Å²) in [5.41, 5.74) is 2.08. The third kappa shape index (κ3) is 5.66. The Kier molecular flexibility index (Phi) is 7.27. The first-order valence-corrected chi connectivity index (χ1v) is 12.1. The Labute approximate surface area is 192 Å². The van der Waals surface area contributed by atoms with Gasteiger partial charge < -0.3 is 15.1 Å². The van der Waals surface area contributed by atoms with E-state index in [1.807, 2.05) is 41.9 Å². The number of carbonyl (C=O) groups is 1. The van der Waals surface area contributed by atoms with Crippen molar-refractivity contribution in [3.63, 3.8) is 0 Å². The fraction of sp³-hybridized carbons (Fsp3) is 0.478. The molecule has 1 aliphatic rings. The molecule has 0 atom stereocenters. The van der Waals surface area contributed by atoms with E-state index in [9.17, 15) is 4.79 Å². The largest absolute Gasteiger partial charge is 0.351 e. The van der Waals surface area contributed by atoms with Crippen LogP contribution in [0.4, 0.5) is 0 Å². The van der Waals surface area contributed by atoms with E-state index in [4.69, 9.17) is 11.6 Å². The van der Waals surface area contributed by atoms with Crippen LogP contribution in [-0.4, -0.2) is 71.8 Å². The normalized spacial score (nSPS) is 15.6. The first-order valence-electron chi connectivity index (χ1n) is 10.9. The van der Waals surface area contributed by atoms with Crippen molar-refractivity contribution in [2.75, 3.05) is 46.3 Å². The number of benzene rings is 1. The number of piperazine rings is 1. The fourth-order valence-corrected chi connectivity index (χ4v) is 5.12. The SMILES string of the molecule is Cc1nn(Cc2ccc(Cl)cc2)c2sc(C(=O)NCCCCN3CCN(C)CC3)cc12. The van der Waals surface area contributed by atoms with Gasteiger partial charge >= 0.3 is 0 Å². The lowest BCUT2D eigenvalue weighted by Crippen LogP contribution is -2.44. The second-order valence-corrected chi connectivity index (χ2v) is 9.77. The number of rotatable bonds is 8. The van der Waals surface area contributed by atoms with Gasteiger partial charge in [0.05, 0.1) is 17.1 Å². The Hall–Kier alpha value is -1.93. The van der Waals surface area contributed by atoms with E-state index in [-0.39, 0.29) is 5.91 Å². The van der Waals surface area contributed by atoms with Crippen molar-refractivity contribution < 1.29 is 4.79 Å². The molecule has 1 amide bonds. The summed E-state index contributed by atoms with van der Waals surface area (Å²) in [4.78, 5) is 19.3. The number of carbonyl (C=O) groups excluding carboxylic acids is 1. The summed E-state index contributed by atoms with van der Waals surface area (Å²) < 4.78 is 1.98. The zero-order valence-electron chi connectivity index (χ0n) is 18.2. The number of unbranched alkanes of at least 4 members (excludes halogenated alkanes) is 1. The standard InChI is InChI=1S/C23H30ClN5OS/c1-17-20-15-21(22(30)25-9-3-4-10-28-13-11-27(2)12-14-28)31-23(20)29(26-17)16-18-5-7-19(24)8-6-18/h5-8,15H,3-4,9-14,16H2,1-2H3,(H,25,30). The maximum Gasteiger partial charge on any atom is 0.261 e. The number of amides is 1. The molecule has 3 heterocycles. The van der Waals surface area contributed by atoms with Gasteiger partial charge in [0.25, 0.3) is 5.91 Å². The molecule has 1 fully saturated rings. The number of nitrogens with zero attached hydrogens (tertiary/aromatic N) is 4. The van der Waals surface area contributed by atoms with Gasteiger partial charge in [-0.05, 0) is 57.1 Å². The van der Waals surface area contributed by atoms with Crippen LogP contribution in [0.5, 0.6) is 0 Å². The first-order chi connectivity index (χ1) is 15.0. The van der Waals surface area contributed by atoms with E-state index in [1.165, 1.54) is 11.3 Å². The number of likely N-dealkylation sites (N-methyl/N-ethyl adjacent to an activating group) is 1. The number of aryl methyl sites for hydroxylation is 1. The van der Waals surface area contributed by atoms with Crippen molar-refractivity contribution >= 4 is 39.1 Å². The molecule has 8 heteroatoms. The van der Waals surface area contributed by atoms with E-state index in [1.54, 1.807) is 0 Å². The predicted molar refractivity (Wildman–Crippen MR) is 128 cm³/mol. The molecule has 3 aromatic rings.